The Hall–Kier alpha value is -1.79. The van der Waals surface area contributed by atoms with Gasteiger partial charge in [-0.15, -0.1) is 0 Å². The molecular weight excluding hydrogens is 318 g/mol. The van der Waals surface area contributed by atoms with Gasteiger partial charge in [-0.3, -0.25) is 9.69 Å². The zero-order valence-corrected chi connectivity index (χ0v) is 15.5. The number of morpholine rings is 1. The number of hydrogen-bond acceptors (Lipinski definition) is 5. The van der Waals surface area contributed by atoms with E-state index in [1.54, 1.807) is 7.11 Å². The van der Waals surface area contributed by atoms with Gasteiger partial charge in [0.25, 0.3) is 0 Å². The van der Waals surface area contributed by atoms with Crippen molar-refractivity contribution in [1.82, 2.24) is 9.80 Å². The molecule has 0 aromatic heterocycles. The van der Waals surface area contributed by atoms with Crippen molar-refractivity contribution in [3.05, 3.63) is 24.3 Å². The van der Waals surface area contributed by atoms with Gasteiger partial charge in [-0.25, -0.2) is 0 Å². The number of rotatable bonds is 4. The van der Waals surface area contributed by atoms with Crippen LogP contribution in [0.2, 0.25) is 0 Å². The molecule has 0 bridgehead atoms. The summed E-state index contributed by atoms with van der Waals surface area (Å²) in [4.78, 5) is 19.1. The van der Waals surface area contributed by atoms with Gasteiger partial charge in [0.2, 0.25) is 5.91 Å². The maximum absolute atomic E-state index is 12.6. The molecule has 0 N–H and O–H groups in total. The molecule has 0 aliphatic carbocycles. The summed E-state index contributed by atoms with van der Waals surface area (Å²) in [5, 5.41) is 0. The minimum absolute atomic E-state index is 0.198. The lowest BCUT2D eigenvalue weighted by molar-refractivity contribution is -0.136. The van der Waals surface area contributed by atoms with Crippen molar-refractivity contribution in [2.24, 2.45) is 0 Å². The van der Waals surface area contributed by atoms with Gasteiger partial charge in [-0.2, -0.15) is 0 Å². The number of amides is 1. The predicted molar refractivity (Wildman–Crippen MR) is 98.2 cm³/mol. The molecule has 25 heavy (non-hydrogen) atoms. The van der Waals surface area contributed by atoms with E-state index in [4.69, 9.17) is 9.47 Å². The second-order valence-corrected chi connectivity index (χ2v) is 7.02. The zero-order chi connectivity index (χ0) is 17.8. The van der Waals surface area contributed by atoms with Crippen LogP contribution in [0.5, 0.6) is 5.75 Å². The van der Waals surface area contributed by atoms with E-state index in [2.05, 4.69) is 35.8 Å². The van der Waals surface area contributed by atoms with Crippen LogP contribution in [0, 0.1) is 0 Å². The molecule has 0 unspecified atom stereocenters. The number of nitrogens with zero attached hydrogens (tertiary/aromatic N) is 3. The Kier molecular flexibility index (Phi) is 5.81. The van der Waals surface area contributed by atoms with Gasteiger partial charge in [0.15, 0.2) is 0 Å². The number of carbonyl (C=O) groups is 1. The molecule has 138 valence electrons. The summed E-state index contributed by atoms with van der Waals surface area (Å²) in [6.07, 6.45) is 0.395. The highest BCUT2D eigenvalue weighted by Gasteiger charge is 2.27. The second-order valence-electron chi connectivity index (χ2n) is 7.02. The molecule has 2 aliphatic rings. The molecule has 2 atom stereocenters. The van der Waals surface area contributed by atoms with E-state index in [9.17, 15) is 4.79 Å². The lowest BCUT2D eigenvalue weighted by Gasteiger charge is -2.39. The molecule has 2 fully saturated rings. The predicted octanol–water partition coefficient (Wildman–Crippen LogP) is 1.45. The number of hydrogen-bond donors (Lipinski definition) is 0. The summed E-state index contributed by atoms with van der Waals surface area (Å²) in [6.45, 7) is 9.61. The average molecular weight is 347 g/mol. The van der Waals surface area contributed by atoms with E-state index in [-0.39, 0.29) is 18.1 Å². The topological polar surface area (TPSA) is 45.2 Å². The highest BCUT2D eigenvalue weighted by Crippen LogP contribution is 2.20. The molecule has 1 aromatic carbocycles. The van der Waals surface area contributed by atoms with Gasteiger partial charge in [0.1, 0.15) is 5.75 Å². The molecule has 2 heterocycles. The lowest BCUT2D eigenvalue weighted by Crippen LogP contribution is -2.53. The van der Waals surface area contributed by atoms with Crippen LogP contribution in [0.3, 0.4) is 0 Å². The fraction of sp³-hybridized carbons (Fsp3) is 0.632. The van der Waals surface area contributed by atoms with E-state index >= 15 is 0 Å². The number of piperazine rings is 1. The summed E-state index contributed by atoms with van der Waals surface area (Å²) in [5.74, 6) is 1.10. The number of methoxy groups -OCH3 is 1. The Morgan fingerprint density at radius 2 is 1.68 bits per heavy atom. The molecule has 2 aliphatic heterocycles. The second kappa shape index (κ2) is 8.06. The third-order valence-corrected chi connectivity index (χ3v) is 4.92. The van der Waals surface area contributed by atoms with Gasteiger partial charge < -0.3 is 19.3 Å². The third-order valence-electron chi connectivity index (χ3n) is 4.92. The summed E-state index contributed by atoms with van der Waals surface area (Å²) < 4.78 is 10.9. The minimum atomic E-state index is 0.198. The molecule has 2 saturated heterocycles. The quantitative estimate of drug-likeness (QED) is 0.825. The van der Waals surface area contributed by atoms with Crippen LogP contribution in [0.15, 0.2) is 24.3 Å². The smallest absolute Gasteiger partial charge is 0.236 e. The van der Waals surface area contributed by atoms with Gasteiger partial charge >= 0.3 is 0 Å². The summed E-state index contributed by atoms with van der Waals surface area (Å²) in [5.41, 5.74) is 1.18. The number of benzene rings is 1. The Bertz CT molecular complexity index is 560. The Balaban J connectivity index is 1.48. The molecule has 3 rings (SSSR count). The van der Waals surface area contributed by atoms with Crippen LogP contribution < -0.4 is 9.64 Å². The van der Waals surface area contributed by atoms with Crippen LogP contribution in [0.1, 0.15) is 13.8 Å². The van der Waals surface area contributed by atoms with Crippen molar-refractivity contribution >= 4 is 11.6 Å². The first-order valence-electron chi connectivity index (χ1n) is 9.09. The monoisotopic (exact) mass is 347 g/mol. The normalized spacial score (nSPS) is 25.1. The van der Waals surface area contributed by atoms with Crippen molar-refractivity contribution in [3.8, 4) is 5.75 Å². The number of ether oxygens (including phenoxy) is 2. The standard InChI is InChI=1S/C19H29N3O3/c1-15-12-20(13-16(2)25-15)14-19(23)22-10-8-21(9-11-22)17-4-6-18(24-3)7-5-17/h4-7,15-16H,8-14H2,1-3H3/t15-,16-/m0/s1. The number of carbonyl (C=O) groups excluding carboxylic acids is 1. The molecule has 6 nitrogen and oxygen atoms in total. The third kappa shape index (κ3) is 4.64. The van der Waals surface area contributed by atoms with Crippen molar-refractivity contribution in [1.29, 1.82) is 0 Å². The fourth-order valence-corrected chi connectivity index (χ4v) is 3.71. The average Bonchev–Trinajstić information content (AvgIpc) is 2.61. The highest BCUT2D eigenvalue weighted by atomic mass is 16.5. The largest absolute Gasteiger partial charge is 0.497 e. The summed E-state index contributed by atoms with van der Waals surface area (Å²) in [7, 11) is 1.68. The van der Waals surface area contributed by atoms with Crippen molar-refractivity contribution in [2.75, 3.05) is 57.8 Å². The maximum Gasteiger partial charge on any atom is 0.236 e. The van der Waals surface area contributed by atoms with E-state index < -0.39 is 0 Å². The van der Waals surface area contributed by atoms with Gasteiger partial charge in [-0.05, 0) is 38.1 Å². The molecule has 1 amide bonds. The van der Waals surface area contributed by atoms with Crippen molar-refractivity contribution in [2.45, 2.75) is 26.1 Å². The number of anilines is 1. The van der Waals surface area contributed by atoms with E-state index in [0.29, 0.717) is 6.54 Å². The first kappa shape index (κ1) is 18.0. The van der Waals surface area contributed by atoms with Crippen LogP contribution in [0.25, 0.3) is 0 Å². The molecule has 0 saturated carbocycles. The Morgan fingerprint density at radius 1 is 1.08 bits per heavy atom. The van der Waals surface area contributed by atoms with Crippen LogP contribution in [-0.4, -0.2) is 80.8 Å². The summed E-state index contributed by atoms with van der Waals surface area (Å²) in [6, 6.07) is 8.11. The van der Waals surface area contributed by atoms with E-state index in [1.807, 2.05) is 17.0 Å². The molecule has 1 aromatic rings. The Morgan fingerprint density at radius 3 is 2.24 bits per heavy atom. The molecule has 0 radical (unpaired) electrons. The maximum atomic E-state index is 12.6. The van der Waals surface area contributed by atoms with Gasteiger partial charge in [0.05, 0.1) is 25.9 Å². The van der Waals surface area contributed by atoms with E-state index in [1.165, 1.54) is 5.69 Å². The molecule has 6 heteroatoms. The highest BCUT2D eigenvalue weighted by molar-refractivity contribution is 5.78. The van der Waals surface area contributed by atoms with Crippen LogP contribution in [-0.2, 0) is 9.53 Å². The van der Waals surface area contributed by atoms with Crippen LogP contribution >= 0.6 is 0 Å². The summed E-state index contributed by atoms with van der Waals surface area (Å²) >= 11 is 0. The zero-order valence-electron chi connectivity index (χ0n) is 15.5. The first-order chi connectivity index (χ1) is 12.0. The Labute approximate surface area is 150 Å². The first-order valence-corrected chi connectivity index (χ1v) is 9.09. The van der Waals surface area contributed by atoms with Gasteiger partial charge in [0, 0.05) is 45.0 Å². The van der Waals surface area contributed by atoms with Crippen LogP contribution in [0.4, 0.5) is 5.69 Å². The minimum Gasteiger partial charge on any atom is -0.497 e. The SMILES string of the molecule is COc1ccc(N2CCN(C(=O)CN3C[C@H](C)O[C@@H](C)C3)CC2)cc1. The molecule has 0 spiro atoms. The van der Waals surface area contributed by atoms with Crippen molar-refractivity contribution in [3.63, 3.8) is 0 Å². The van der Waals surface area contributed by atoms with Crippen molar-refractivity contribution < 1.29 is 14.3 Å². The lowest BCUT2D eigenvalue weighted by atomic mass is 10.2. The van der Waals surface area contributed by atoms with E-state index in [0.717, 1.165) is 45.0 Å². The van der Waals surface area contributed by atoms with Gasteiger partial charge in [-0.1, -0.05) is 0 Å². The molecular formula is C19H29N3O3. The fourth-order valence-electron chi connectivity index (χ4n) is 3.71.